The SMILES string of the molecule is C/C=C(\C)c1cnc2ccc(N(CCC)c3cc(OC)cc(OC)c3)nc2c1Cl.CC.CC. The van der Waals surface area contributed by atoms with Crippen LogP contribution in [-0.4, -0.2) is 30.7 Å². The fourth-order valence-corrected chi connectivity index (χ4v) is 3.49. The smallest absolute Gasteiger partial charge is 0.133 e. The van der Waals surface area contributed by atoms with Crippen molar-refractivity contribution in [2.45, 2.75) is 54.9 Å². The van der Waals surface area contributed by atoms with E-state index < -0.39 is 0 Å². The number of pyridine rings is 2. The zero-order valence-corrected chi connectivity index (χ0v) is 22.2. The van der Waals surface area contributed by atoms with Crippen LogP contribution in [0.3, 0.4) is 0 Å². The number of benzene rings is 1. The fraction of sp³-hybridized carbons (Fsp3) is 0.407. The van der Waals surface area contributed by atoms with Gasteiger partial charge < -0.3 is 14.4 Å². The molecule has 5 nitrogen and oxygen atoms in total. The highest BCUT2D eigenvalue weighted by Gasteiger charge is 2.16. The first-order valence-corrected chi connectivity index (χ1v) is 12.0. The van der Waals surface area contributed by atoms with Crippen LogP contribution in [0.15, 0.2) is 42.6 Å². The number of hydrogen-bond donors (Lipinski definition) is 0. The van der Waals surface area contributed by atoms with Gasteiger partial charge in [0, 0.05) is 42.2 Å². The van der Waals surface area contributed by atoms with Crippen molar-refractivity contribution in [3.05, 3.63) is 53.2 Å². The molecule has 0 radical (unpaired) electrons. The van der Waals surface area contributed by atoms with Crippen LogP contribution in [0, 0.1) is 0 Å². The molecular weight excluding hydrogens is 434 g/mol. The van der Waals surface area contributed by atoms with Gasteiger partial charge in [0.2, 0.25) is 0 Å². The van der Waals surface area contributed by atoms with Crippen LogP contribution in [0.1, 0.15) is 60.5 Å². The van der Waals surface area contributed by atoms with E-state index in [1.807, 2.05) is 78.0 Å². The van der Waals surface area contributed by atoms with Crippen molar-refractivity contribution >= 4 is 39.7 Å². The number of aromatic nitrogens is 2. The van der Waals surface area contributed by atoms with Gasteiger partial charge in [-0.15, -0.1) is 0 Å². The molecule has 3 rings (SSSR count). The summed E-state index contributed by atoms with van der Waals surface area (Å²) in [5, 5.41) is 0.618. The van der Waals surface area contributed by atoms with Crippen molar-refractivity contribution in [3.8, 4) is 11.5 Å². The molecule has 0 saturated carbocycles. The van der Waals surface area contributed by atoms with E-state index in [9.17, 15) is 0 Å². The molecule has 6 heteroatoms. The molecule has 2 heterocycles. The van der Waals surface area contributed by atoms with E-state index in [1.54, 1.807) is 20.4 Å². The second-order valence-electron chi connectivity index (χ2n) is 6.72. The van der Waals surface area contributed by atoms with E-state index >= 15 is 0 Å². The Bertz CT molecular complexity index is 1030. The molecule has 0 aliphatic rings. The Kier molecular flexibility index (Phi) is 12.3. The van der Waals surface area contributed by atoms with Crippen LogP contribution in [0.2, 0.25) is 5.02 Å². The predicted octanol–water partition coefficient (Wildman–Crippen LogP) is 8.32. The van der Waals surface area contributed by atoms with E-state index in [0.717, 1.165) is 52.6 Å². The third-order valence-electron chi connectivity index (χ3n) is 4.87. The van der Waals surface area contributed by atoms with Crippen LogP contribution >= 0.6 is 11.6 Å². The summed E-state index contributed by atoms with van der Waals surface area (Å²) in [5.41, 5.74) is 4.38. The highest BCUT2D eigenvalue weighted by atomic mass is 35.5. The predicted molar refractivity (Wildman–Crippen MR) is 143 cm³/mol. The lowest BCUT2D eigenvalue weighted by Gasteiger charge is -2.25. The highest BCUT2D eigenvalue weighted by molar-refractivity contribution is 6.36. The summed E-state index contributed by atoms with van der Waals surface area (Å²) in [6.07, 6.45) is 4.77. The third-order valence-corrected chi connectivity index (χ3v) is 5.25. The maximum Gasteiger partial charge on any atom is 0.133 e. The number of nitrogens with zero attached hydrogens (tertiary/aromatic N) is 3. The molecule has 0 amide bonds. The van der Waals surface area contributed by atoms with Crippen molar-refractivity contribution in [1.29, 1.82) is 0 Å². The Labute approximate surface area is 204 Å². The number of hydrogen-bond acceptors (Lipinski definition) is 5. The van der Waals surface area contributed by atoms with Crippen molar-refractivity contribution in [1.82, 2.24) is 9.97 Å². The van der Waals surface area contributed by atoms with Crippen LogP contribution in [-0.2, 0) is 0 Å². The number of methoxy groups -OCH3 is 2. The van der Waals surface area contributed by atoms with Gasteiger partial charge in [0.1, 0.15) is 22.8 Å². The molecule has 0 saturated heterocycles. The molecule has 0 aliphatic carbocycles. The largest absolute Gasteiger partial charge is 0.497 e. The number of ether oxygens (including phenoxy) is 2. The summed E-state index contributed by atoms with van der Waals surface area (Å²) in [7, 11) is 3.29. The number of anilines is 2. The van der Waals surface area contributed by atoms with E-state index in [0.29, 0.717) is 10.5 Å². The summed E-state index contributed by atoms with van der Waals surface area (Å²) >= 11 is 6.71. The fourth-order valence-electron chi connectivity index (χ4n) is 3.15. The molecule has 0 unspecified atom stereocenters. The van der Waals surface area contributed by atoms with Crippen molar-refractivity contribution in [3.63, 3.8) is 0 Å². The Morgan fingerprint density at radius 2 is 1.64 bits per heavy atom. The molecule has 2 aromatic heterocycles. The Balaban J connectivity index is 0.00000129. The summed E-state index contributed by atoms with van der Waals surface area (Å²) in [4.78, 5) is 11.6. The number of allylic oxidation sites excluding steroid dienone is 2. The van der Waals surface area contributed by atoms with Crippen LogP contribution in [0.4, 0.5) is 11.5 Å². The maximum atomic E-state index is 6.71. The lowest BCUT2D eigenvalue weighted by molar-refractivity contribution is 0.394. The van der Waals surface area contributed by atoms with Crippen molar-refractivity contribution in [2.75, 3.05) is 25.7 Å². The van der Waals surface area contributed by atoms with Gasteiger partial charge in [-0.05, 0) is 38.0 Å². The van der Waals surface area contributed by atoms with Gasteiger partial charge in [-0.1, -0.05) is 52.3 Å². The van der Waals surface area contributed by atoms with Crippen LogP contribution in [0.25, 0.3) is 16.6 Å². The molecule has 0 spiro atoms. The van der Waals surface area contributed by atoms with E-state index in [1.165, 1.54) is 0 Å². The van der Waals surface area contributed by atoms with Crippen molar-refractivity contribution in [2.24, 2.45) is 0 Å². The maximum absolute atomic E-state index is 6.71. The standard InChI is InChI=1S/C23H26ClN3O2.2C2H6/c1-6-10-27(16-11-17(28-4)13-18(12-16)29-5)21-9-8-20-23(26-21)22(24)19(14-25-20)15(3)7-2;2*1-2/h7-9,11-14H,6,10H2,1-5H3;2*1-2H3/b15-7+;;. The first kappa shape index (κ1) is 28.2. The van der Waals surface area contributed by atoms with Gasteiger partial charge in [0.15, 0.2) is 0 Å². The molecule has 0 fully saturated rings. The van der Waals surface area contributed by atoms with Crippen LogP contribution in [0.5, 0.6) is 11.5 Å². The van der Waals surface area contributed by atoms with Crippen molar-refractivity contribution < 1.29 is 9.47 Å². The number of rotatable bonds is 7. The molecule has 0 N–H and O–H groups in total. The third kappa shape index (κ3) is 6.84. The van der Waals surface area contributed by atoms with Gasteiger partial charge >= 0.3 is 0 Å². The summed E-state index contributed by atoms with van der Waals surface area (Å²) < 4.78 is 10.9. The average Bonchev–Trinajstić information content (AvgIpc) is 2.89. The van der Waals surface area contributed by atoms with Gasteiger partial charge in [0.25, 0.3) is 0 Å². The van der Waals surface area contributed by atoms with Gasteiger partial charge in [0.05, 0.1) is 24.8 Å². The molecule has 0 atom stereocenters. The molecule has 1 aromatic carbocycles. The molecule has 0 aliphatic heterocycles. The number of halogens is 1. The second-order valence-corrected chi connectivity index (χ2v) is 7.10. The minimum Gasteiger partial charge on any atom is -0.497 e. The summed E-state index contributed by atoms with van der Waals surface area (Å²) in [5.74, 6) is 2.26. The van der Waals surface area contributed by atoms with E-state index in [-0.39, 0.29) is 0 Å². The zero-order chi connectivity index (χ0) is 25.0. The molecule has 33 heavy (non-hydrogen) atoms. The number of fused-ring (bicyclic) bond motifs is 1. The Morgan fingerprint density at radius 3 is 2.15 bits per heavy atom. The van der Waals surface area contributed by atoms with E-state index in [2.05, 4.69) is 16.8 Å². The van der Waals surface area contributed by atoms with Gasteiger partial charge in [-0.25, -0.2) is 4.98 Å². The summed E-state index contributed by atoms with van der Waals surface area (Å²) in [6, 6.07) is 9.73. The topological polar surface area (TPSA) is 47.5 Å². The highest BCUT2D eigenvalue weighted by Crippen LogP contribution is 2.35. The quantitative estimate of drug-likeness (QED) is 0.346. The average molecular weight is 472 g/mol. The van der Waals surface area contributed by atoms with Gasteiger partial charge in [-0.2, -0.15) is 0 Å². The minimum absolute atomic E-state index is 0.618. The van der Waals surface area contributed by atoms with E-state index in [4.69, 9.17) is 26.1 Å². The molecule has 0 bridgehead atoms. The second kappa shape index (κ2) is 14.4. The Morgan fingerprint density at radius 1 is 1.03 bits per heavy atom. The lowest BCUT2D eigenvalue weighted by atomic mass is 10.1. The zero-order valence-electron chi connectivity index (χ0n) is 21.5. The van der Waals surface area contributed by atoms with Gasteiger partial charge in [-0.3, -0.25) is 4.98 Å². The minimum atomic E-state index is 0.618. The monoisotopic (exact) mass is 471 g/mol. The normalized spacial score (nSPS) is 10.5. The summed E-state index contributed by atoms with van der Waals surface area (Å²) in [6.45, 7) is 14.9. The first-order valence-electron chi connectivity index (χ1n) is 11.6. The van der Waals surface area contributed by atoms with Crippen LogP contribution < -0.4 is 14.4 Å². The molecular formula is C27H38ClN3O2. The first-order chi connectivity index (χ1) is 16.0. The molecule has 3 aromatic rings. The lowest BCUT2D eigenvalue weighted by Crippen LogP contribution is -2.19. The Hall–Kier alpha value is -2.79. The molecule has 180 valence electrons.